The van der Waals surface area contributed by atoms with E-state index in [-0.39, 0.29) is 31.4 Å². The summed E-state index contributed by atoms with van der Waals surface area (Å²) >= 11 is 19.3. The first kappa shape index (κ1) is 28.4. The average Bonchev–Trinajstić information content (AvgIpc) is 3.25. The van der Waals surface area contributed by atoms with Gasteiger partial charge >= 0.3 is 0 Å². The van der Waals surface area contributed by atoms with Gasteiger partial charge in [-0.05, 0) is 77.9 Å². The Hall–Kier alpha value is -3.75. The van der Waals surface area contributed by atoms with Gasteiger partial charge in [-0.15, -0.1) is 0 Å². The van der Waals surface area contributed by atoms with Crippen LogP contribution in [0.4, 0.5) is 5.69 Å². The predicted octanol–water partition coefficient (Wildman–Crippen LogP) is 7.05. The lowest BCUT2D eigenvalue weighted by atomic mass is 9.59. The molecule has 0 radical (unpaired) electrons. The van der Waals surface area contributed by atoms with Crippen LogP contribution in [-0.2, 0) is 15.0 Å². The number of hydrogen-bond acceptors (Lipinski definition) is 5. The van der Waals surface area contributed by atoms with Crippen LogP contribution < -0.4 is 20.1 Å². The van der Waals surface area contributed by atoms with Crippen LogP contribution in [0.2, 0.25) is 15.1 Å². The van der Waals surface area contributed by atoms with Gasteiger partial charge in [0.2, 0.25) is 11.8 Å². The fourth-order valence-corrected chi connectivity index (χ4v) is 6.55. The van der Waals surface area contributed by atoms with Gasteiger partial charge in [-0.25, -0.2) is 0 Å². The highest BCUT2D eigenvalue weighted by molar-refractivity contribution is 6.31. The molecule has 0 aliphatic carbocycles. The molecule has 2 aliphatic rings. The summed E-state index contributed by atoms with van der Waals surface area (Å²) in [6, 6.07) is 23.7. The van der Waals surface area contributed by atoms with E-state index in [1.807, 2.05) is 18.2 Å². The minimum absolute atomic E-state index is 0.0540. The van der Waals surface area contributed by atoms with Gasteiger partial charge in [0, 0.05) is 38.7 Å². The first-order valence-electron chi connectivity index (χ1n) is 13.3. The molecular weight excluding hydrogens is 599 g/mol. The Morgan fingerprint density at radius 3 is 2.33 bits per heavy atom. The zero-order valence-electron chi connectivity index (χ0n) is 22.1. The molecular formula is C32H25Cl3N2O5. The van der Waals surface area contributed by atoms with Gasteiger partial charge in [0.1, 0.15) is 29.3 Å². The molecule has 2 aliphatic heterocycles. The van der Waals surface area contributed by atoms with Crippen molar-refractivity contribution in [2.75, 3.05) is 18.5 Å². The number of ether oxygens (including phenoxy) is 2. The number of fused-ring (bicyclic) bond motifs is 2. The number of carbonyl (C=O) groups is 2. The van der Waals surface area contributed by atoms with E-state index in [4.69, 9.17) is 49.4 Å². The Bertz CT molecular complexity index is 1680. The van der Waals surface area contributed by atoms with Crippen molar-refractivity contribution < 1.29 is 24.2 Å². The van der Waals surface area contributed by atoms with Crippen LogP contribution in [0, 0.1) is 0 Å². The number of rotatable bonds is 7. The number of anilines is 1. The van der Waals surface area contributed by atoms with Crippen LogP contribution in [0.25, 0.3) is 0 Å². The molecule has 0 saturated carbocycles. The van der Waals surface area contributed by atoms with Gasteiger partial charge < -0.3 is 25.2 Å². The number of halogens is 3. The summed E-state index contributed by atoms with van der Waals surface area (Å²) in [5, 5.41) is 16.5. The molecule has 42 heavy (non-hydrogen) atoms. The van der Waals surface area contributed by atoms with Gasteiger partial charge in [-0.3, -0.25) is 9.59 Å². The van der Waals surface area contributed by atoms with Gasteiger partial charge in [-0.1, -0.05) is 53.0 Å². The molecule has 10 heteroatoms. The molecule has 2 heterocycles. The van der Waals surface area contributed by atoms with Crippen LogP contribution in [0.1, 0.15) is 35.1 Å². The molecule has 214 valence electrons. The summed E-state index contributed by atoms with van der Waals surface area (Å²) in [4.78, 5) is 27.7. The molecule has 1 fully saturated rings. The number of piperidine rings is 1. The second-order valence-electron chi connectivity index (χ2n) is 10.2. The largest absolute Gasteiger partial charge is 0.491 e. The SMILES string of the molecule is O=C1C[C@H](c2cccc(Cl)c2)[C@@]2(C(=O)Nc3cc(Cl)ccc32)[C@H](c2cc(Cl)ccc2Oc2ccc(OCCO)cc2)N1. The molecule has 4 aromatic carbocycles. The third-order valence-corrected chi connectivity index (χ3v) is 8.40. The molecule has 2 amide bonds. The fraction of sp³-hybridized carbons (Fsp3) is 0.188. The first-order chi connectivity index (χ1) is 20.3. The standard InChI is InChI=1S/C32H25Cl3N2O5/c33-19-3-1-2-18(14-19)26-17-29(39)37-30(32(26)25-10-4-21(35)16-27(25)36-31(32)40)24-15-20(34)5-11-28(24)42-23-8-6-22(7-9-23)41-13-12-38/h1-11,14-16,26,30,38H,12-13,17H2,(H,36,40)(H,37,39)/t26-,30+,32-/m1/s1. The number of aliphatic hydroxyl groups excluding tert-OH is 1. The summed E-state index contributed by atoms with van der Waals surface area (Å²) in [6.07, 6.45) is 0.0540. The topological polar surface area (TPSA) is 96.9 Å². The van der Waals surface area contributed by atoms with Crippen molar-refractivity contribution in [2.45, 2.75) is 23.8 Å². The highest BCUT2D eigenvalue weighted by Gasteiger charge is 2.61. The molecule has 7 nitrogen and oxygen atoms in total. The van der Waals surface area contributed by atoms with E-state index in [0.717, 1.165) is 5.56 Å². The zero-order valence-corrected chi connectivity index (χ0v) is 24.3. The number of amides is 2. The van der Waals surface area contributed by atoms with Crippen molar-refractivity contribution in [2.24, 2.45) is 0 Å². The number of benzene rings is 4. The molecule has 0 unspecified atom stereocenters. The van der Waals surface area contributed by atoms with Crippen molar-refractivity contribution in [1.29, 1.82) is 0 Å². The third kappa shape index (κ3) is 5.07. The quantitative estimate of drug-likeness (QED) is 0.205. The fourth-order valence-electron chi connectivity index (χ4n) is 6.00. The lowest BCUT2D eigenvalue weighted by Gasteiger charge is -2.46. The number of aliphatic hydroxyl groups is 1. The van der Waals surface area contributed by atoms with E-state index >= 15 is 0 Å². The van der Waals surface area contributed by atoms with E-state index in [9.17, 15) is 9.59 Å². The highest BCUT2D eigenvalue weighted by Crippen LogP contribution is 2.58. The number of carbonyl (C=O) groups excluding carboxylic acids is 2. The number of hydrogen-bond donors (Lipinski definition) is 3. The summed E-state index contributed by atoms with van der Waals surface area (Å²) < 4.78 is 11.8. The van der Waals surface area contributed by atoms with Crippen LogP contribution >= 0.6 is 34.8 Å². The monoisotopic (exact) mass is 622 g/mol. The van der Waals surface area contributed by atoms with Crippen LogP contribution in [0.5, 0.6) is 17.2 Å². The van der Waals surface area contributed by atoms with Gasteiger partial charge in [0.05, 0.1) is 12.6 Å². The Kier molecular flexibility index (Phi) is 7.77. The molecule has 6 rings (SSSR count). The lowest BCUT2D eigenvalue weighted by molar-refractivity contribution is -0.131. The lowest BCUT2D eigenvalue weighted by Crippen LogP contribution is -2.56. The average molecular weight is 624 g/mol. The molecule has 1 saturated heterocycles. The first-order valence-corrected chi connectivity index (χ1v) is 14.4. The molecule has 3 atom stereocenters. The van der Waals surface area contributed by atoms with Crippen molar-refractivity contribution in [3.63, 3.8) is 0 Å². The number of nitrogens with one attached hydrogen (secondary N) is 2. The maximum Gasteiger partial charge on any atom is 0.238 e. The smallest absolute Gasteiger partial charge is 0.238 e. The summed E-state index contributed by atoms with van der Waals surface area (Å²) in [7, 11) is 0. The summed E-state index contributed by atoms with van der Waals surface area (Å²) in [5.41, 5.74) is 1.26. The van der Waals surface area contributed by atoms with Crippen LogP contribution in [0.3, 0.4) is 0 Å². The Morgan fingerprint density at radius 2 is 1.57 bits per heavy atom. The van der Waals surface area contributed by atoms with Gasteiger partial charge in [-0.2, -0.15) is 0 Å². The van der Waals surface area contributed by atoms with Crippen LogP contribution in [-0.4, -0.2) is 30.1 Å². The maximum absolute atomic E-state index is 14.3. The molecule has 0 aromatic heterocycles. The maximum atomic E-state index is 14.3. The summed E-state index contributed by atoms with van der Waals surface area (Å²) in [5.74, 6) is 0.393. The normalized spacial score (nSPS) is 21.0. The van der Waals surface area contributed by atoms with E-state index in [2.05, 4.69) is 10.6 Å². The van der Waals surface area contributed by atoms with Crippen LogP contribution in [0.15, 0.2) is 84.9 Å². The van der Waals surface area contributed by atoms with E-state index in [1.165, 1.54) is 0 Å². The molecule has 1 spiro atoms. The minimum atomic E-state index is -1.29. The third-order valence-electron chi connectivity index (χ3n) is 7.70. The highest BCUT2D eigenvalue weighted by atomic mass is 35.5. The van der Waals surface area contributed by atoms with Crippen molar-refractivity contribution in [3.8, 4) is 17.2 Å². The molecule has 0 bridgehead atoms. The predicted molar refractivity (Wildman–Crippen MR) is 162 cm³/mol. The second-order valence-corrected chi connectivity index (χ2v) is 11.5. The van der Waals surface area contributed by atoms with Crippen molar-refractivity contribution in [3.05, 3.63) is 117 Å². The Morgan fingerprint density at radius 1 is 0.857 bits per heavy atom. The Labute approximate surface area is 257 Å². The van der Waals surface area contributed by atoms with E-state index < -0.39 is 17.4 Å². The van der Waals surface area contributed by atoms with Gasteiger partial charge in [0.25, 0.3) is 0 Å². The van der Waals surface area contributed by atoms with E-state index in [1.54, 1.807) is 66.7 Å². The van der Waals surface area contributed by atoms with Crippen molar-refractivity contribution in [1.82, 2.24) is 5.32 Å². The minimum Gasteiger partial charge on any atom is -0.491 e. The van der Waals surface area contributed by atoms with E-state index in [0.29, 0.717) is 49.1 Å². The molecule has 3 N–H and O–H groups in total. The zero-order chi connectivity index (χ0) is 29.4. The summed E-state index contributed by atoms with van der Waals surface area (Å²) in [6.45, 7) is 0.0773. The van der Waals surface area contributed by atoms with Gasteiger partial charge in [0.15, 0.2) is 0 Å². The molecule has 4 aromatic rings. The second kappa shape index (κ2) is 11.5. The Balaban J connectivity index is 1.52. The van der Waals surface area contributed by atoms with Crippen molar-refractivity contribution >= 4 is 52.3 Å².